The first kappa shape index (κ1) is 53.8. The van der Waals surface area contributed by atoms with Gasteiger partial charge in [0.1, 0.15) is 46.6 Å². The second kappa shape index (κ2) is 19.1. The van der Waals surface area contributed by atoms with Crippen molar-refractivity contribution in [2.75, 3.05) is 36.9 Å². The van der Waals surface area contributed by atoms with E-state index in [0.717, 1.165) is 35.4 Å². The van der Waals surface area contributed by atoms with Crippen LogP contribution in [0.1, 0.15) is 72.6 Å². The lowest BCUT2D eigenvalue weighted by Gasteiger charge is -2.23. The molecule has 0 spiro atoms. The maximum absolute atomic E-state index is 15.6. The molecule has 2 aromatic carbocycles. The smallest absolute Gasteiger partial charge is 0.346 e. The van der Waals surface area contributed by atoms with Gasteiger partial charge in [-0.05, 0) is 87.4 Å². The number of hydrogen-bond donors (Lipinski definition) is 3. The molecule has 4 N–H and O–H groups in total. The van der Waals surface area contributed by atoms with E-state index in [0.29, 0.717) is 17.2 Å². The molecule has 0 aliphatic heterocycles. The number of sulfonamides is 1. The zero-order valence-corrected chi connectivity index (χ0v) is 40.5. The molecule has 0 bridgehead atoms. The summed E-state index contributed by atoms with van der Waals surface area (Å²) in [4.78, 5) is 32.6. The third kappa shape index (κ3) is 11.3. The van der Waals surface area contributed by atoms with Gasteiger partial charge < -0.3 is 16.0 Å². The van der Waals surface area contributed by atoms with Crippen molar-refractivity contribution in [2.24, 2.45) is 11.7 Å². The summed E-state index contributed by atoms with van der Waals surface area (Å²) in [6.45, 7) is -0.464. The van der Waals surface area contributed by atoms with Crippen LogP contribution < -0.4 is 15.8 Å². The molecule has 1 fully saturated rings. The molecular formula is C44H42ClF10N9O6S2. The number of nitrogens with two attached hydrogens (primary N) is 1. The lowest BCUT2D eigenvalue weighted by atomic mass is 9.93. The summed E-state index contributed by atoms with van der Waals surface area (Å²) < 4.78 is 199. The summed E-state index contributed by atoms with van der Waals surface area (Å²) in [5.41, 5.74) is -0.0878. The van der Waals surface area contributed by atoms with Crippen LogP contribution in [0.3, 0.4) is 0 Å². The minimum absolute atomic E-state index is 0.0654. The molecule has 15 nitrogen and oxygen atoms in total. The van der Waals surface area contributed by atoms with E-state index in [1.165, 1.54) is 33.0 Å². The monoisotopic (exact) mass is 1080 g/mol. The van der Waals surface area contributed by atoms with Gasteiger partial charge in [0.25, 0.3) is 5.92 Å². The molecule has 0 unspecified atom stereocenters. The largest absolute Gasteiger partial charge is 0.435 e. The van der Waals surface area contributed by atoms with E-state index < -0.39 is 149 Å². The van der Waals surface area contributed by atoms with Gasteiger partial charge in [-0.1, -0.05) is 23.6 Å². The maximum atomic E-state index is 15.6. The Labute approximate surface area is 409 Å². The fourth-order valence-corrected chi connectivity index (χ4v) is 9.79. The minimum atomic E-state index is -5.21. The quantitative estimate of drug-likeness (QED) is 0.0694. The van der Waals surface area contributed by atoms with E-state index in [2.05, 4.69) is 32.3 Å². The van der Waals surface area contributed by atoms with E-state index in [-0.39, 0.29) is 51.6 Å². The Morgan fingerprint density at radius 1 is 0.986 bits per heavy atom. The zero-order chi connectivity index (χ0) is 53.3. The van der Waals surface area contributed by atoms with Crippen molar-refractivity contribution in [3.05, 3.63) is 93.0 Å². The van der Waals surface area contributed by atoms with Gasteiger partial charge in [0, 0.05) is 48.5 Å². The van der Waals surface area contributed by atoms with E-state index in [1.807, 2.05) is 4.72 Å². The Morgan fingerprint density at radius 2 is 1.64 bits per heavy atom. The molecule has 5 aromatic rings. The first-order chi connectivity index (χ1) is 33.2. The number of benzene rings is 2. The third-order valence-electron chi connectivity index (χ3n) is 12.0. The van der Waals surface area contributed by atoms with Crippen molar-refractivity contribution in [1.82, 2.24) is 34.8 Å². The average Bonchev–Trinajstić information content (AvgIpc) is 3.77. The number of alkyl halides is 8. The van der Waals surface area contributed by atoms with Crippen molar-refractivity contribution in [3.8, 4) is 23.0 Å². The Bertz CT molecular complexity index is 3280. The molecule has 0 radical (unpaired) electrons. The molecule has 2 amide bonds. The van der Waals surface area contributed by atoms with Gasteiger partial charge in [-0.2, -0.15) is 45.3 Å². The van der Waals surface area contributed by atoms with Gasteiger partial charge in [0.2, 0.25) is 21.8 Å². The third-order valence-corrected chi connectivity index (χ3v) is 15.4. The number of nitrogens with zero attached hydrogens (tertiary/aromatic N) is 6. The lowest BCUT2D eigenvalue weighted by Crippen LogP contribution is -2.35. The van der Waals surface area contributed by atoms with Crippen molar-refractivity contribution in [3.63, 3.8) is 0 Å². The summed E-state index contributed by atoms with van der Waals surface area (Å²) in [6.07, 6.45) is -10.0. The molecule has 3 heterocycles. The number of amides is 2. The maximum Gasteiger partial charge on any atom is 0.435 e. The van der Waals surface area contributed by atoms with Gasteiger partial charge in [0.15, 0.2) is 21.3 Å². The molecule has 3 aromatic heterocycles. The Kier molecular flexibility index (Phi) is 14.3. The predicted octanol–water partition coefficient (Wildman–Crippen LogP) is 6.84. The van der Waals surface area contributed by atoms with E-state index in [9.17, 15) is 61.5 Å². The number of aromatic nitrogens is 5. The van der Waals surface area contributed by atoms with Crippen molar-refractivity contribution in [2.45, 2.75) is 81.2 Å². The van der Waals surface area contributed by atoms with Gasteiger partial charge in [-0.25, -0.2) is 30.6 Å². The highest BCUT2D eigenvalue weighted by Gasteiger charge is 2.68. The summed E-state index contributed by atoms with van der Waals surface area (Å²) >= 11 is 6.58. The number of hydrogen-bond acceptors (Lipinski definition) is 10. The molecular weight excluding hydrogens is 1040 g/mol. The minimum Gasteiger partial charge on any atom is -0.346 e. The number of carbonyl (C=O) groups is 2. The van der Waals surface area contributed by atoms with Crippen LogP contribution in [0.5, 0.6) is 0 Å². The zero-order valence-electron chi connectivity index (χ0n) is 38.1. The number of anilines is 1. The Morgan fingerprint density at radius 3 is 2.25 bits per heavy atom. The van der Waals surface area contributed by atoms with Gasteiger partial charge in [0.05, 0.1) is 27.7 Å². The summed E-state index contributed by atoms with van der Waals surface area (Å²) in [7, 11) is -7.35. The van der Waals surface area contributed by atoms with Crippen LogP contribution in [0, 0.1) is 29.4 Å². The van der Waals surface area contributed by atoms with Gasteiger partial charge in [-0.15, -0.1) is 0 Å². The Balaban J connectivity index is 1.43. The summed E-state index contributed by atoms with van der Waals surface area (Å²) in [5.74, 6) is -7.86. The van der Waals surface area contributed by atoms with Crippen LogP contribution >= 0.6 is 11.6 Å². The number of sulfone groups is 1. The number of pyridine rings is 1. The number of nitrogens with one attached hydrogen (secondary N) is 2. The SMILES string of the molecule is CN(CCCN)C(=O)CS(=O)(=O)Nc1nn(CC(F)(F)F)c2c(-c3ccc(C#CC(C)(C)S(C)(=O)=O)nc3[C@H](Cc3cc(F)cc(F)c3)NC(=O)Cn3nc(C(F)(F)F)c4c3C(F)(F)[C@@H]3C[C@H]43)ccc(Cl)c12. The van der Waals surface area contributed by atoms with Crippen LogP contribution in [0.2, 0.25) is 5.02 Å². The van der Waals surface area contributed by atoms with Crippen molar-refractivity contribution in [1.29, 1.82) is 0 Å². The standard InChI is InChI=1S/C44H42ClF10N9O6S2/c1-41(2,71(4,67)68)11-10-25-6-7-26(27-8-9-30(45)35-37(27)64(21-42(48,49)50)60-40(35)61-72(69,70)20-33(66)62(3)13-5-12-56)36(57-25)31(16-22-14-23(46)17-24(47)15-22)58-32(65)19-63-39-34(38(59-63)44(53,54)55)28-18-29(28)43(39,51)52/h6-9,14-15,17,28-29,31H,5,12-13,16,18-21,56H2,1-4H3,(H,58,65)(H,60,61)/t28-,29+,31-/m0/s1. The van der Waals surface area contributed by atoms with Crippen molar-refractivity contribution >= 4 is 60.0 Å². The van der Waals surface area contributed by atoms with Crippen LogP contribution in [-0.2, 0) is 61.1 Å². The highest BCUT2D eigenvalue weighted by Crippen LogP contribution is 2.68. The van der Waals surface area contributed by atoms with Gasteiger partial charge in [-0.3, -0.25) is 23.7 Å². The summed E-state index contributed by atoms with van der Waals surface area (Å²) in [6, 6.07) is 4.99. The fraction of sp³-hybridized carbons (Fsp3) is 0.432. The molecule has 28 heteroatoms. The molecule has 0 saturated heterocycles. The van der Waals surface area contributed by atoms with Crippen LogP contribution in [0.4, 0.5) is 49.7 Å². The van der Waals surface area contributed by atoms with Crippen LogP contribution in [0.15, 0.2) is 42.5 Å². The van der Waals surface area contributed by atoms with E-state index in [1.54, 1.807) is 0 Å². The second-order valence-electron chi connectivity index (χ2n) is 17.9. The topological polar surface area (TPSA) is 204 Å². The normalized spacial score (nSPS) is 16.9. The van der Waals surface area contributed by atoms with Gasteiger partial charge >= 0.3 is 12.4 Å². The number of fused-ring (bicyclic) bond motifs is 4. The molecule has 2 aliphatic carbocycles. The number of carbonyl (C=O) groups excluding carboxylic acids is 2. The molecule has 72 heavy (non-hydrogen) atoms. The fourth-order valence-electron chi connectivity index (χ4n) is 8.26. The number of halogens is 11. The molecule has 7 rings (SSSR count). The highest BCUT2D eigenvalue weighted by atomic mass is 35.5. The lowest BCUT2D eigenvalue weighted by molar-refractivity contribution is -0.142. The highest BCUT2D eigenvalue weighted by molar-refractivity contribution is 7.93. The first-order valence-corrected chi connectivity index (χ1v) is 25.4. The molecule has 3 atom stereocenters. The number of rotatable bonds is 16. The molecule has 2 aliphatic rings. The van der Waals surface area contributed by atoms with E-state index >= 15 is 8.78 Å². The molecule has 388 valence electrons. The first-order valence-electron chi connectivity index (χ1n) is 21.5. The molecule has 1 saturated carbocycles. The summed E-state index contributed by atoms with van der Waals surface area (Å²) in [5, 5.41) is 8.88. The predicted molar refractivity (Wildman–Crippen MR) is 241 cm³/mol. The van der Waals surface area contributed by atoms with Crippen LogP contribution in [0.25, 0.3) is 22.0 Å². The average molecular weight is 1080 g/mol. The van der Waals surface area contributed by atoms with Crippen LogP contribution in [-0.4, -0.2) is 101 Å². The van der Waals surface area contributed by atoms with Crippen molar-refractivity contribution < 1.29 is 70.3 Å². The van der Waals surface area contributed by atoms with E-state index in [4.69, 9.17) is 17.3 Å². The Hall–Kier alpha value is -5.98. The second-order valence-corrected chi connectivity index (χ2v) is 22.6.